The van der Waals surface area contributed by atoms with E-state index in [2.05, 4.69) is 10.6 Å². The van der Waals surface area contributed by atoms with Gasteiger partial charge in [-0.3, -0.25) is 0 Å². The first kappa shape index (κ1) is 16.7. The molecule has 4 rings (SSSR count). The van der Waals surface area contributed by atoms with Gasteiger partial charge in [0, 0.05) is 18.0 Å². The summed E-state index contributed by atoms with van der Waals surface area (Å²) in [7, 11) is 3.45. The van der Waals surface area contributed by atoms with E-state index in [1.807, 2.05) is 31.3 Å². The van der Waals surface area contributed by atoms with Crippen LogP contribution in [0.2, 0.25) is 0 Å². The fourth-order valence-corrected chi connectivity index (χ4v) is 4.31. The molecule has 0 aliphatic heterocycles. The first-order valence-electron chi connectivity index (χ1n) is 9.10. The number of phenols is 1. The summed E-state index contributed by atoms with van der Waals surface area (Å²) < 4.78 is 7.05. The second-order valence-electron chi connectivity index (χ2n) is 7.07. The number of ether oxygens (including phenoxy) is 1. The van der Waals surface area contributed by atoms with Crippen LogP contribution < -0.4 is 0 Å². The lowest BCUT2D eigenvalue weighted by Crippen LogP contribution is -2.01. The number of aromatic hydroxyl groups is 1. The summed E-state index contributed by atoms with van der Waals surface area (Å²) in [5.74, 6) is 0.482. The van der Waals surface area contributed by atoms with Crippen LogP contribution in [0, 0.1) is 0 Å². The van der Waals surface area contributed by atoms with Crippen molar-refractivity contribution >= 4 is 16.9 Å². The van der Waals surface area contributed by atoms with Crippen LogP contribution in [0.15, 0.2) is 42.5 Å². The molecule has 1 N–H and O–H groups in total. The lowest BCUT2D eigenvalue weighted by Gasteiger charge is -2.14. The van der Waals surface area contributed by atoms with E-state index in [9.17, 15) is 9.90 Å². The molecule has 0 amide bonds. The number of aromatic nitrogens is 1. The third-order valence-corrected chi connectivity index (χ3v) is 5.57. The van der Waals surface area contributed by atoms with Gasteiger partial charge in [0.15, 0.2) is 0 Å². The first-order valence-corrected chi connectivity index (χ1v) is 9.10. The Hall–Kier alpha value is -2.75. The molecule has 4 heteroatoms. The second kappa shape index (κ2) is 6.52. The molecule has 1 aliphatic carbocycles. The van der Waals surface area contributed by atoms with Gasteiger partial charge < -0.3 is 14.4 Å². The molecule has 0 saturated heterocycles. The number of nitrogens with zero attached hydrogens (tertiary/aromatic N) is 1. The Morgan fingerprint density at radius 3 is 2.46 bits per heavy atom. The largest absolute Gasteiger partial charge is 0.508 e. The number of methoxy groups -OCH3 is 1. The van der Waals surface area contributed by atoms with Crippen LogP contribution in [0.5, 0.6) is 5.75 Å². The molecule has 26 heavy (non-hydrogen) atoms. The molecule has 0 unspecified atom stereocenters. The maximum atomic E-state index is 12.0. The van der Waals surface area contributed by atoms with Gasteiger partial charge in [-0.1, -0.05) is 18.9 Å². The predicted molar refractivity (Wildman–Crippen MR) is 103 cm³/mol. The summed E-state index contributed by atoms with van der Waals surface area (Å²) in [5, 5.41) is 10.9. The highest BCUT2D eigenvalue weighted by atomic mass is 16.5. The average molecular weight is 349 g/mol. The summed E-state index contributed by atoms with van der Waals surface area (Å²) in [6.07, 6.45) is 4.92. The fraction of sp³-hybridized carbons (Fsp3) is 0.318. The van der Waals surface area contributed by atoms with E-state index in [-0.39, 0.29) is 11.7 Å². The van der Waals surface area contributed by atoms with E-state index in [4.69, 9.17) is 4.74 Å². The molecule has 4 nitrogen and oxygen atoms in total. The van der Waals surface area contributed by atoms with Crippen LogP contribution in [0.1, 0.15) is 47.5 Å². The zero-order chi connectivity index (χ0) is 18.3. The van der Waals surface area contributed by atoms with E-state index in [1.54, 1.807) is 12.1 Å². The molecule has 0 radical (unpaired) electrons. The number of phenolic OH excluding ortho intramolecular Hbond substituents is 1. The standard InChI is InChI=1S/C22H23NO3/c1-23-19-13-16(22(25)26-2)9-12-18(19)20(14-5-3-4-6-14)21(23)15-7-10-17(24)11-8-15/h7-14,24H,3-6H2,1-2H3. The number of esters is 1. The molecule has 3 aromatic rings. The minimum Gasteiger partial charge on any atom is -0.508 e. The molecule has 2 aromatic carbocycles. The van der Waals surface area contributed by atoms with Crippen LogP contribution >= 0.6 is 0 Å². The molecule has 1 fully saturated rings. The first-order chi connectivity index (χ1) is 12.6. The number of benzene rings is 2. The number of carbonyl (C=O) groups excluding carboxylic acids is 1. The quantitative estimate of drug-likeness (QED) is 0.677. The van der Waals surface area contributed by atoms with Crippen LogP contribution in [0.4, 0.5) is 0 Å². The van der Waals surface area contributed by atoms with E-state index >= 15 is 0 Å². The van der Waals surface area contributed by atoms with Crippen molar-refractivity contribution in [1.82, 2.24) is 4.57 Å². The number of rotatable bonds is 3. The molecule has 134 valence electrons. The summed E-state index contributed by atoms with van der Waals surface area (Å²) in [6.45, 7) is 0. The highest BCUT2D eigenvalue weighted by molar-refractivity contribution is 5.98. The molecule has 1 aliphatic rings. The molecule has 0 bridgehead atoms. The van der Waals surface area contributed by atoms with Crippen LogP contribution in [0.3, 0.4) is 0 Å². The van der Waals surface area contributed by atoms with Gasteiger partial charge in [0.05, 0.1) is 18.4 Å². The second-order valence-corrected chi connectivity index (χ2v) is 7.07. The van der Waals surface area contributed by atoms with Crippen molar-refractivity contribution in [2.75, 3.05) is 7.11 Å². The number of hydrogen-bond acceptors (Lipinski definition) is 3. The third kappa shape index (κ3) is 2.66. The Kier molecular flexibility index (Phi) is 4.19. The van der Waals surface area contributed by atoms with Gasteiger partial charge >= 0.3 is 5.97 Å². The smallest absolute Gasteiger partial charge is 0.337 e. The van der Waals surface area contributed by atoms with Crippen LogP contribution in [0.25, 0.3) is 22.2 Å². The van der Waals surface area contributed by atoms with Gasteiger partial charge in [0.2, 0.25) is 0 Å². The topological polar surface area (TPSA) is 51.5 Å². The third-order valence-electron chi connectivity index (χ3n) is 5.57. The minimum absolute atomic E-state index is 0.267. The molecular weight excluding hydrogens is 326 g/mol. The normalized spacial score (nSPS) is 14.8. The Morgan fingerprint density at radius 2 is 1.81 bits per heavy atom. The van der Waals surface area contributed by atoms with E-state index in [0.717, 1.165) is 11.1 Å². The van der Waals surface area contributed by atoms with Gasteiger partial charge in [0.25, 0.3) is 0 Å². The zero-order valence-electron chi connectivity index (χ0n) is 15.2. The van der Waals surface area contributed by atoms with Crippen molar-refractivity contribution in [1.29, 1.82) is 0 Å². The van der Waals surface area contributed by atoms with Crippen molar-refractivity contribution in [3.8, 4) is 17.0 Å². The maximum absolute atomic E-state index is 12.0. The van der Waals surface area contributed by atoms with Crippen LogP contribution in [-0.4, -0.2) is 22.8 Å². The Bertz CT molecular complexity index is 963. The lowest BCUT2D eigenvalue weighted by molar-refractivity contribution is 0.0601. The Morgan fingerprint density at radius 1 is 1.12 bits per heavy atom. The van der Waals surface area contributed by atoms with Gasteiger partial charge in [-0.15, -0.1) is 0 Å². The fourth-order valence-electron chi connectivity index (χ4n) is 4.31. The summed E-state index contributed by atoms with van der Waals surface area (Å²) in [5.41, 5.74) is 5.23. The molecule has 1 heterocycles. The van der Waals surface area contributed by atoms with Gasteiger partial charge in [-0.05, 0) is 66.3 Å². The molecule has 1 aromatic heterocycles. The van der Waals surface area contributed by atoms with Crippen molar-refractivity contribution in [2.45, 2.75) is 31.6 Å². The van der Waals surface area contributed by atoms with Crippen LogP contribution in [-0.2, 0) is 11.8 Å². The number of aryl methyl sites for hydroxylation is 1. The van der Waals surface area contributed by atoms with Gasteiger partial charge in [-0.25, -0.2) is 4.79 Å². The van der Waals surface area contributed by atoms with Crippen molar-refractivity contribution < 1.29 is 14.6 Å². The van der Waals surface area contributed by atoms with E-state index in [1.165, 1.54) is 49.4 Å². The monoisotopic (exact) mass is 349 g/mol. The van der Waals surface area contributed by atoms with Gasteiger partial charge in [0.1, 0.15) is 5.75 Å². The Labute approximate surface area is 153 Å². The predicted octanol–water partition coefficient (Wildman–Crippen LogP) is 5.00. The summed E-state index contributed by atoms with van der Waals surface area (Å²) >= 11 is 0. The van der Waals surface area contributed by atoms with Crippen molar-refractivity contribution in [3.63, 3.8) is 0 Å². The minimum atomic E-state index is -0.318. The number of hydrogen-bond donors (Lipinski definition) is 1. The van der Waals surface area contributed by atoms with E-state index in [0.29, 0.717) is 11.5 Å². The summed E-state index contributed by atoms with van der Waals surface area (Å²) in [6, 6.07) is 13.2. The molecule has 1 saturated carbocycles. The van der Waals surface area contributed by atoms with E-state index < -0.39 is 0 Å². The highest BCUT2D eigenvalue weighted by Crippen LogP contribution is 2.44. The molecular formula is C22H23NO3. The lowest BCUT2D eigenvalue weighted by atomic mass is 9.92. The Balaban J connectivity index is 1.98. The number of carbonyl (C=O) groups is 1. The van der Waals surface area contributed by atoms with Gasteiger partial charge in [-0.2, -0.15) is 0 Å². The zero-order valence-corrected chi connectivity index (χ0v) is 15.2. The van der Waals surface area contributed by atoms with Crippen molar-refractivity contribution in [3.05, 3.63) is 53.6 Å². The van der Waals surface area contributed by atoms with Crippen molar-refractivity contribution in [2.24, 2.45) is 7.05 Å². The maximum Gasteiger partial charge on any atom is 0.337 e. The molecule has 0 atom stereocenters. The summed E-state index contributed by atoms with van der Waals surface area (Å²) in [4.78, 5) is 12.0. The number of fused-ring (bicyclic) bond motifs is 1. The highest BCUT2D eigenvalue weighted by Gasteiger charge is 2.26. The molecule has 0 spiro atoms. The average Bonchev–Trinajstić information content (AvgIpc) is 3.28. The SMILES string of the molecule is COC(=O)c1ccc2c(C3CCCC3)c(-c3ccc(O)cc3)n(C)c2c1.